The number of halogens is 1. The fourth-order valence-corrected chi connectivity index (χ4v) is 1.21. The molecule has 2 N–H and O–H groups in total. The van der Waals surface area contributed by atoms with Crippen LogP contribution in [-0.2, 0) is 0 Å². The van der Waals surface area contributed by atoms with Crippen molar-refractivity contribution in [3.05, 3.63) is 0 Å². The third-order valence-corrected chi connectivity index (χ3v) is 2.35. The van der Waals surface area contributed by atoms with Crippen LogP contribution in [0.5, 0.6) is 0 Å². The summed E-state index contributed by atoms with van der Waals surface area (Å²) in [6.45, 7) is 5.87. The van der Waals surface area contributed by atoms with Crippen LogP contribution in [0.25, 0.3) is 0 Å². The zero-order valence-electron chi connectivity index (χ0n) is 6.29. The molecule has 0 saturated carbocycles. The first-order valence-corrected chi connectivity index (χ1v) is 4.46. The molecule has 0 rings (SSSR count). The normalized spacial score (nSPS) is 11.2. The van der Waals surface area contributed by atoms with Crippen LogP contribution in [-0.4, -0.2) is 9.00 Å². The minimum absolute atomic E-state index is 0.134. The van der Waals surface area contributed by atoms with Gasteiger partial charge < -0.3 is 0 Å². The predicted molar refractivity (Wildman–Crippen MR) is 51.4 cm³/mol. The molecule has 0 radical (unpaired) electrons. The second-order valence-electron chi connectivity index (χ2n) is 2.95. The zero-order valence-corrected chi connectivity index (χ0v) is 8.69. The average molecular weight is 223 g/mol. The van der Waals surface area contributed by atoms with Gasteiger partial charge in [0.2, 0.25) is 0 Å². The van der Waals surface area contributed by atoms with Gasteiger partial charge in [0.25, 0.3) is 0 Å². The van der Waals surface area contributed by atoms with Crippen molar-refractivity contribution in [2.45, 2.75) is 20.8 Å². The number of nitrogens with one attached hydrogen (secondary N) is 2. The highest BCUT2D eigenvalue weighted by molar-refractivity contribution is 9.22. The second-order valence-corrected chi connectivity index (χ2v) is 5.29. The molecular weight excluding hydrogens is 212 g/mol. The minimum atomic E-state index is -0.134. The Morgan fingerprint density at radius 1 is 1.30 bits per heavy atom. The van der Waals surface area contributed by atoms with Crippen molar-refractivity contribution in [3.8, 4) is 0 Å². The fraction of sp³-hybridized carbons (Fsp3) is 0.667. The molecule has 0 heterocycles. The number of thioether (sulfide) groups is 1. The van der Waals surface area contributed by atoms with Crippen molar-refractivity contribution in [1.82, 2.24) is 0 Å². The van der Waals surface area contributed by atoms with E-state index in [9.17, 15) is 0 Å². The minimum Gasteiger partial charge on any atom is -0.297 e. The van der Waals surface area contributed by atoms with Crippen molar-refractivity contribution in [3.63, 3.8) is 0 Å². The van der Waals surface area contributed by atoms with Gasteiger partial charge in [-0.05, 0) is 27.7 Å². The molecule has 0 fully saturated rings. The van der Waals surface area contributed by atoms with E-state index in [1.807, 2.05) is 20.8 Å². The Labute approximate surface area is 73.9 Å². The fourth-order valence-electron chi connectivity index (χ4n) is 0.243. The van der Waals surface area contributed by atoms with Crippen molar-refractivity contribution in [2.24, 2.45) is 5.41 Å². The standard InChI is InChI=1S/C6H11BrN2S/c1-6(2,3)4(8)10-5(7)9/h8-9H,1-3H3. The third kappa shape index (κ3) is 4.06. The van der Waals surface area contributed by atoms with Gasteiger partial charge in [0.05, 0.1) is 5.04 Å². The van der Waals surface area contributed by atoms with E-state index in [0.717, 1.165) is 11.8 Å². The molecule has 58 valence electrons. The molecule has 0 aromatic heterocycles. The molecular formula is C6H11BrN2S. The molecule has 2 nitrogen and oxygen atoms in total. The van der Waals surface area contributed by atoms with E-state index in [1.54, 1.807) is 0 Å². The van der Waals surface area contributed by atoms with Crippen LogP contribution in [0.1, 0.15) is 20.8 Å². The van der Waals surface area contributed by atoms with Crippen molar-refractivity contribution in [2.75, 3.05) is 0 Å². The summed E-state index contributed by atoms with van der Waals surface area (Å²) < 4.78 is 0.299. The van der Waals surface area contributed by atoms with Gasteiger partial charge >= 0.3 is 0 Å². The summed E-state index contributed by atoms with van der Waals surface area (Å²) in [6, 6.07) is 0. The van der Waals surface area contributed by atoms with Gasteiger partial charge in [0.1, 0.15) is 3.95 Å². The van der Waals surface area contributed by atoms with E-state index in [1.165, 1.54) is 0 Å². The molecule has 0 unspecified atom stereocenters. The van der Waals surface area contributed by atoms with Crippen molar-refractivity contribution >= 4 is 36.7 Å². The van der Waals surface area contributed by atoms with Crippen LogP contribution in [0, 0.1) is 16.2 Å². The maximum absolute atomic E-state index is 7.46. The molecule has 0 aliphatic heterocycles. The van der Waals surface area contributed by atoms with Gasteiger partial charge in [0.15, 0.2) is 0 Å². The smallest absolute Gasteiger partial charge is 0.137 e. The highest BCUT2D eigenvalue weighted by Gasteiger charge is 2.18. The number of hydrogen-bond donors (Lipinski definition) is 2. The van der Waals surface area contributed by atoms with Crippen molar-refractivity contribution < 1.29 is 0 Å². The summed E-state index contributed by atoms with van der Waals surface area (Å²) in [5.41, 5.74) is -0.134. The Hall–Kier alpha value is 0.170. The maximum Gasteiger partial charge on any atom is 0.137 e. The van der Waals surface area contributed by atoms with E-state index >= 15 is 0 Å². The van der Waals surface area contributed by atoms with Gasteiger partial charge in [-0.2, -0.15) is 0 Å². The van der Waals surface area contributed by atoms with Crippen LogP contribution in [0.2, 0.25) is 0 Å². The molecule has 0 aromatic rings. The van der Waals surface area contributed by atoms with Crippen LogP contribution in [0.4, 0.5) is 0 Å². The monoisotopic (exact) mass is 222 g/mol. The van der Waals surface area contributed by atoms with E-state index < -0.39 is 0 Å². The quantitative estimate of drug-likeness (QED) is 0.481. The van der Waals surface area contributed by atoms with E-state index in [-0.39, 0.29) is 5.41 Å². The van der Waals surface area contributed by atoms with E-state index in [0.29, 0.717) is 9.00 Å². The van der Waals surface area contributed by atoms with Crippen LogP contribution in [0.3, 0.4) is 0 Å². The molecule has 0 spiro atoms. The number of rotatable bonds is 0. The Morgan fingerprint density at radius 3 is 1.80 bits per heavy atom. The summed E-state index contributed by atoms with van der Waals surface area (Å²) in [4.78, 5) is 0. The van der Waals surface area contributed by atoms with E-state index in [2.05, 4.69) is 15.9 Å². The SMILES string of the molecule is CC(C)(C)C(=N)SC(=N)Br. The molecule has 4 heteroatoms. The summed E-state index contributed by atoms with van der Waals surface area (Å²) in [6.07, 6.45) is 0. The molecule has 0 atom stereocenters. The highest BCUT2D eigenvalue weighted by Crippen LogP contribution is 2.24. The van der Waals surface area contributed by atoms with Crippen LogP contribution in [0.15, 0.2) is 0 Å². The Kier molecular flexibility index (Phi) is 3.59. The zero-order chi connectivity index (χ0) is 8.36. The van der Waals surface area contributed by atoms with Gasteiger partial charge in [-0.1, -0.05) is 20.8 Å². The lowest BCUT2D eigenvalue weighted by Crippen LogP contribution is -2.16. The van der Waals surface area contributed by atoms with Crippen LogP contribution >= 0.6 is 27.7 Å². The molecule has 0 amide bonds. The Morgan fingerprint density at radius 2 is 1.70 bits per heavy atom. The van der Waals surface area contributed by atoms with Gasteiger partial charge in [-0.3, -0.25) is 10.8 Å². The first kappa shape index (κ1) is 10.2. The lowest BCUT2D eigenvalue weighted by molar-refractivity contribution is 0.599. The van der Waals surface area contributed by atoms with Gasteiger partial charge in [0, 0.05) is 5.41 Å². The first-order chi connectivity index (χ1) is 4.34. The lowest BCUT2D eigenvalue weighted by atomic mass is 9.99. The molecule has 0 bridgehead atoms. The van der Waals surface area contributed by atoms with E-state index in [4.69, 9.17) is 10.8 Å². The Bertz CT molecular complexity index is 160. The topological polar surface area (TPSA) is 47.7 Å². The summed E-state index contributed by atoms with van der Waals surface area (Å²) in [7, 11) is 0. The summed E-state index contributed by atoms with van der Waals surface area (Å²) in [5.74, 6) is 0. The van der Waals surface area contributed by atoms with Crippen LogP contribution < -0.4 is 0 Å². The maximum atomic E-state index is 7.46. The van der Waals surface area contributed by atoms with Gasteiger partial charge in [-0.25, -0.2) is 0 Å². The molecule has 0 aliphatic carbocycles. The largest absolute Gasteiger partial charge is 0.297 e. The van der Waals surface area contributed by atoms with Crippen molar-refractivity contribution in [1.29, 1.82) is 10.8 Å². The molecule has 0 aromatic carbocycles. The first-order valence-electron chi connectivity index (χ1n) is 2.85. The average Bonchev–Trinajstić information content (AvgIpc) is 1.60. The summed E-state index contributed by atoms with van der Waals surface area (Å²) in [5, 5.41) is 15.0. The second kappa shape index (κ2) is 3.53. The Balaban J connectivity index is 3.99. The summed E-state index contributed by atoms with van der Waals surface area (Å²) >= 11 is 4.12. The predicted octanol–water partition coefficient (Wildman–Crippen LogP) is 3.07. The molecule has 10 heavy (non-hydrogen) atoms. The molecule has 0 aliphatic rings. The number of hydrogen-bond acceptors (Lipinski definition) is 3. The lowest BCUT2D eigenvalue weighted by Gasteiger charge is -2.17. The highest BCUT2D eigenvalue weighted by atomic mass is 79.9. The molecule has 0 saturated heterocycles. The van der Waals surface area contributed by atoms with Gasteiger partial charge in [-0.15, -0.1) is 0 Å². The third-order valence-electron chi connectivity index (χ3n) is 0.873.